The van der Waals surface area contributed by atoms with Gasteiger partial charge in [0.1, 0.15) is 5.82 Å². The van der Waals surface area contributed by atoms with E-state index in [-0.39, 0.29) is 23.4 Å². The second-order valence-corrected chi connectivity index (χ2v) is 11.0. The molecule has 1 amide bonds. The lowest BCUT2D eigenvalue weighted by atomic mass is 9.99. The van der Waals surface area contributed by atoms with Crippen LogP contribution >= 0.6 is 0 Å². The number of carbonyl (C=O) groups is 1. The number of nitrogens with one attached hydrogen (secondary N) is 1. The van der Waals surface area contributed by atoms with Crippen molar-refractivity contribution in [1.82, 2.24) is 15.1 Å². The second kappa shape index (κ2) is 8.20. The fraction of sp³-hybridized carbons (Fsp3) is 0.231. The monoisotopic (exact) mass is 490 g/mol. The number of sulfonamides is 1. The van der Waals surface area contributed by atoms with Crippen molar-refractivity contribution in [1.29, 1.82) is 0 Å². The maximum absolute atomic E-state index is 13.4. The number of amides is 1. The van der Waals surface area contributed by atoms with E-state index in [1.165, 1.54) is 16.4 Å². The molecule has 3 aromatic carbocycles. The maximum atomic E-state index is 13.4. The van der Waals surface area contributed by atoms with Crippen molar-refractivity contribution in [3.8, 4) is 5.69 Å². The van der Waals surface area contributed by atoms with Gasteiger partial charge in [-0.1, -0.05) is 30.3 Å². The first-order valence-corrected chi connectivity index (χ1v) is 13.1. The van der Waals surface area contributed by atoms with E-state index in [9.17, 15) is 17.6 Å². The number of aromatic nitrogens is 2. The molecule has 1 saturated heterocycles. The Hall–Kier alpha value is -3.72. The summed E-state index contributed by atoms with van der Waals surface area (Å²) in [5, 5.41) is 8.18. The number of fused-ring (bicyclic) bond motifs is 1. The Morgan fingerprint density at radius 2 is 1.69 bits per heavy atom. The highest BCUT2D eigenvalue weighted by molar-refractivity contribution is 7.93. The molecule has 0 spiro atoms. The zero-order valence-electron chi connectivity index (χ0n) is 18.7. The third-order valence-electron chi connectivity index (χ3n) is 6.62. The molecule has 1 N–H and O–H groups in total. The maximum Gasteiger partial charge on any atom is 0.237 e. The van der Waals surface area contributed by atoms with Crippen LogP contribution in [-0.2, 0) is 14.8 Å². The number of rotatable bonds is 5. The van der Waals surface area contributed by atoms with Gasteiger partial charge >= 0.3 is 0 Å². The molecular weight excluding hydrogens is 467 g/mol. The third kappa shape index (κ3) is 3.95. The van der Waals surface area contributed by atoms with Crippen LogP contribution in [0.15, 0.2) is 79.0 Å². The minimum atomic E-state index is -3.71. The molecular formula is C26H23FN4O3S. The summed E-state index contributed by atoms with van der Waals surface area (Å²) >= 11 is 0. The summed E-state index contributed by atoms with van der Waals surface area (Å²) in [7, 11) is -3.71. The fourth-order valence-electron chi connectivity index (χ4n) is 4.79. The first kappa shape index (κ1) is 21.8. The fourth-order valence-corrected chi connectivity index (χ4v) is 6.72. The van der Waals surface area contributed by atoms with Crippen molar-refractivity contribution in [3.05, 3.63) is 90.4 Å². The average Bonchev–Trinajstić information content (AvgIpc) is 3.57. The van der Waals surface area contributed by atoms with Crippen LogP contribution in [0.2, 0.25) is 0 Å². The Bertz CT molecular complexity index is 1520. The number of anilines is 1. The average molecular weight is 491 g/mol. The van der Waals surface area contributed by atoms with E-state index >= 15 is 0 Å². The molecule has 2 heterocycles. The molecule has 6 rings (SSSR count). The lowest BCUT2D eigenvalue weighted by molar-refractivity contribution is -0.122. The summed E-state index contributed by atoms with van der Waals surface area (Å²) in [4.78, 5) is 12.6. The molecule has 0 unspecified atom stereocenters. The van der Waals surface area contributed by atoms with Crippen LogP contribution in [0.1, 0.15) is 24.4 Å². The first-order chi connectivity index (χ1) is 16.9. The molecule has 0 bridgehead atoms. The molecule has 9 heteroatoms. The molecule has 0 radical (unpaired) electrons. The number of carbonyl (C=O) groups excluding carboxylic acids is 1. The van der Waals surface area contributed by atoms with Gasteiger partial charge in [0.2, 0.25) is 15.9 Å². The Kier molecular flexibility index (Phi) is 5.10. The lowest BCUT2D eigenvalue weighted by Gasteiger charge is -2.29. The Morgan fingerprint density at radius 1 is 0.971 bits per heavy atom. The highest BCUT2D eigenvalue weighted by Crippen LogP contribution is 2.40. The SMILES string of the molecule is O=C(N[C@H]1CS(=O)(=O)N(c2ccc3c(cnn3-c3ccc(F)cc3)c2)[C@@H]1c1ccccc1)C1CC1. The van der Waals surface area contributed by atoms with Crippen LogP contribution in [0, 0.1) is 11.7 Å². The van der Waals surface area contributed by atoms with Gasteiger partial charge in [-0.2, -0.15) is 5.10 Å². The van der Waals surface area contributed by atoms with E-state index in [4.69, 9.17) is 0 Å². The molecule has 4 aromatic rings. The minimum Gasteiger partial charge on any atom is -0.350 e. The van der Waals surface area contributed by atoms with E-state index in [1.807, 2.05) is 36.4 Å². The summed E-state index contributed by atoms with van der Waals surface area (Å²) in [6.45, 7) is 0. The van der Waals surface area contributed by atoms with Crippen molar-refractivity contribution in [2.24, 2.45) is 5.92 Å². The van der Waals surface area contributed by atoms with Crippen molar-refractivity contribution in [2.45, 2.75) is 24.9 Å². The molecule has 178 valence electrons. The van der Waals surface area contributed by atoms with Crippen molar-refractivity contribution in [3.63, 3.8) is 0 Å². The molecule has 2 fully saturated rings. The van der Waals surface area contributed by atoms with Gasteiger partial charge < -0.3 is 5.32 Å². The van der Waals surface area contributed by atoms with E-state index in [2.05, 4.69) is 10.4 Å². The van der Waals surface area contributed by atoms with E-state index in [1.54, 1.807) is 35.1 Å². The molecule has 35 heavy (non-hydrogen) atoms. The van der Waals surface area contributed by atoms with Gasteiger partial charge in [-0.05, 0) is 60.9 Å². The number of benzene rings is 3. The van der Waals surface area contributed by atoms with Crippen LogP contribution in [0.4, 0.5) is 10.1 Å². The molecule has 1 aliphatic carbocycles. The number of nitrogens with zero attached hydrogens (tertiary/aromatic N) is 3. The van der Waals surface area contributed by atoms with Gasteiger partial charge in [0, 0.05) is 11.3 Å². The van der Waals surface area contributed by atoms with Crippen LogP contribution in [0.5, 0.6) is 0 Å². The summed E-state index contributed by atoms with van der Waals surface area (Å²) in [6.07, 6.45) is 3.36. The van der Waals surface area contributed by atoms with Crippen LogP contribution in [0.3, 0.4) is 0 Å². The Morgan fingerprint density at radius 3 is 2.40 bits per heavy atom. The lowest BCUT2D eigenvalue weighted by Crippen LogP contribution is -2.41. The molecule has 1 aromatic heterocycles. The van der Waals surface area contributed by atoms with Crippen LogP contribution in [0.25, 0.3) is 16.6 Å². The smallest absolute Gasteiger partial charge is 0.237 e. The third-order valence-corrected chi connectivity index (χ3v) is 8.44. The number of hydrogen-bond donors (Lipinski definition) is 1. The highest BCUT2D eigenvalue weighted by Gasteiger charge is 2.47. The second-order valence-electron chi connectivity index (χ2n) is 9.10. The van der Waals surface area contributed by atoms with Crippen molar-refractivity contribution in [2.75, 3.05) is 10.1 Å². The zero-order chi connectivity index (χ0) is 24.2. The highest BCUT2D eigenvalue weighted by atomic mass is 32.2. The van der Waals surface area contributed by atoms with Crippen LogP contribution in [-0.4, -0.2) is 35.9 Å². The van der Waals surface area contributed by atoms with Crippen LogP contribution < -0.4 is 9.62 Å². The molecule has 7 nitrogen and oxygen atoms in total. The van der Waals surface area contributed by atoms with Crippen molar-refractivity contribution >= 4 is 32.5 Å². The number of hydrogen-bond acceptors (Lipinski definition) is 4. The summed E-state index contributed by atoms with van der Waals surface area (Å²) in [5.41, 5.74) is 2.80. The summed E-state index contributed by atoms with van der Waals surface area (Å²) in [5.74, 6) is -0.597. The van der Waals surface area contributed by atoms with Gasteiger partial charge in [-0.3, -0.25) is 9.10 Å². The summed E-state index contributed by atoms with van der Waals surface area (Å²) in [6, 6.07) is 19.6. The van der Waals surface area contributed by atoms with Gasteiger partial charge in [-0.15, -0.1) is 0 Å². The van der Waals surface area contributed by atoms with Gasteiger partial charge in [0.25, 0.3) is 0 Å². The van der Waals surface area contributed by atoms with E-state index in [0.717, 1.165) is 29.3 Å². The quantitative estimate of drug-likeness (QED) is 0.459. The van der Waals surface area contributed by atoms with Gasteiger partial charge in [0.05, 0.1) is 40.9 Å². The molecule has 2 atom stereocenters. The predicted molar refractivity (Wildman–Crippen MR) is 131 cm³/mol. The Balaban J connectivity index is 1.41. The largest absolute Gasteiger partial charge is 0.350 e. The van der Waals surface area contributed by atoms with E-state index < -0.39 is 22.1 Å². The molecule has 1 saturated carbocycles. The standard InChI is InChI=1S/C26H23FN4O3S/c27-20-8-10-21(11-9-20)30-24-13-12-22(14-19(24)15-28-30)31-25(17-4-2-1-3-5-17)23(16-35(31,33)34)29-26(32)18-6-7-18/h1-5,8-15,18,23,25H,6-7,16H2,(H,29,32)/t23-,25+/m0/s1. The van der Waals surface area contributed by atoms with Gasteiger partial charge in [0.15, 0.2) is 0 Å². The number of halogens is 1. The normalized spacial score (nSPS) is 21.3. The minimum absolute atomic E-state index is 0.0168. The van der Waals surface area contributed by atoms with E-state index in [0.29, 0.717) is 11.4 Å². The summed E-state index contributed by atoms with van der Waals surface area (Å²) < 4.78 is 43.3. The van der Waals surface area contributed by atoms with Gasteiger partial charge in [-0.25, -0.2) is 17.5 Å². The first-order valence-electron chi connectivity index (χ1n) is 11.5. The van der Waals surface area contributed by atoms with Crippen molar-refractivity contribution < 1.29 is 17.6 Å². The molecule has 2 aliphatic rings. The molecule has 1 aliphatic heterocycles. The predicted octanol–water partition coefficient (Wildman–Crippen LogP) is 3.95. The Labute approximate surface area is 202 Å². The topological polar surface area (TPSA) is 84.3 Å². The zero-order valence-corrected chi connectivity index (χ0v) is 19.5.